The molecule has 1 unspecified atom stereocenters. The first-order chi connectivity index (χ1) is 7.18. The van der Waals surface area contributed by atoms with Gasteiger partial charge in [-0.1, -0.05) is 30.3 Å². The molecule has 3 nitrogen and oxygen atoms in total. The minimum atomic E-state index is -0.184. The average Bonchev–Trinajstić information content (AvgIpc) is 2.25. The van der Waals surface area contributed by atoms with Crippen molar-refractivity contribution in [2.24, 2.45) is 5.73 Å². The number of benzene rings is 1. The van der Waals surface area contributed by atoms with Gasteiger partial charge in [0.25, 0.3) is 0 Å². The van der Waals surface area contributed by atoms with E-state index in [1.54, 1.807) is 0 Å². The molecule has 0 radical (unpaired) electrons. The first kappa shape index (κ1) is 11.7. The van der Waals surface area contributed by atoms with E-state index in [0.29, 0.717) is 19.4 Å². The molecule has 0 saturated carbocycles. The fourth-order valence-electron chi connectivity index (χ4n) is 1.16. The van der Waals surface area contributed by atoms with Crippen LogP contribution in [0.4, 0.5) is 0 Å². The van der Waals surface area contributed by atoms with Gasteiger partial charge in [0.15, 0.2) is 0 Å². The number of carbonyl (C=O) groups is 1. The molecule has 1 rings (SSSR count). The third-order valence-corrected chi connectivity index (χ3v) is 2.05. The Bertz CT molecular complexity index is 296. The maximum atomic E-state index is 11.2. The summed E-state index contributed by atoms with van der Waals surface area (Å²) in [5.74, 6) is -0.184. The van der Waals surface area contributed by atoms with Crippen molar-refractivity contribution in [3.63, 3.8) is 0 Å². The maximum Gasteiger partial charge on any atom is 0.306 e. The van der Waals surface area contributed by atoms with E-state index in [1.807, 2.05) is 37.3 Å². The van der Waals surface area contributed by atoms with Crippen molar-refractivity contribution in [3.05, 3.63) is 35.9 Å². The summed E-state index contributed by atoms with van der Waals surface area (Å²) in [5.41, 5.74) is 6.55. The van der Waals surface area contributed by atoms with E-state index >= 15 is 0 Å². The van der Waals surface area contributed by atoms with Gasteiger partial charge in [0, 0.05) is 12.5 Å². The molecule has 1 atom stereocenters. The zero-order valence-corrected chi connectivity index (χ0v) is 8.98. The summed E-state index contributed by atoms with van der Waals surface area (Å²) < 4.78 is 5.08. The predicted octanol–water partition coefficient (Wildman–Crippen LogP) is 1.86. The summed E-state index contributed by atoms with van der Waals surface area (Å²) in [7, 11) is 0. The standard InChI is InChI=1S/C12H17NO2/c1-10(13)7-8-12(14)15-9-11-5-3-2-4-6-11/h2-6,10H,7-9,13H2,1H3. The van der Waals surface area contributed by atoms with Crippen molar-refractivity contribution < 1.29 is 9.53 Å². The number of hydrogen-bond acceptors (Lipinski definition) is 3. The van der Waals surface area contributed by atoms with Gasteiger partial charge in [-0.15, -0.1) is 0 Å². The average molecular weight is 207 g/mol. The number of esters is 1. The third kappa shape index (κ3) is 5.18. The molecule has 0 bridgehead atoms. The van der Waals surface area contributed by atoms with Crippen LogP contribution in [0.25, 0.3) is 0 Å². The van der Waals surface area contributed by atoms with Crippen molar-refractivity contribution in [2.75, 3.05) is 0 Å². The second-order valence-electron chi connectivity index (χ2n) is 3.66. The minimum absolute atomic E-state index is 0.0503. The summed E-state index contributed by atoms with van der Waals surface area (Å²) >= 11 is 0. The van der Waals surface area contributed by atoms with E-state index in [0.717, 1.165) is 5.56 Å². The molecule has 0 fully saturated rings. The Labute approximate surface area is 90.2 Å². The van der Waals surface area contributed by atoms with E-state index in [4.69, 9.17) is 10.5 Å². The Morgan fingerprint density at radius 3 is 2.67 bits per heavy atom. The highest BCUT2D eigenvalue weighted by atomic mass is 16.5. The lowest BCUT2D eigenvalue weighted by molar-refractivity contribution is -0.145. The van der Waals surface area contributed by atoms with Crippen LogP contribution in [0.5, 0.6) is 0 Å². The first-order valence-corrected chi connectivity index (χ1v) is 5.13. The van der Waals surface area contributed by atoms with Gasteiger partial charge in [-0.3, -0.25) is 4.79 Å². The van der Waals surface area contributed by atoms with Gasteiger partial charge in [0.1, 0.15) is 6.61 Å². The van der Waals surface area contributed by atoms with Crippen molar-refractivity contribution in [1.82, 2.24) is 0 Å². The number of hydrogen-bond donors (Lipinski definition) is 1. The van der Waals surface area contributed by atoms with Crippen LogP contribution in [0.2, 0.25) is 0 Å². The highest BCUT2D eigenvalue weighted by Gasteiger charge is 2.04. The lowest BCUT2D eigenvalue weighted by Crippen LogP contribution is -2.17. The molecule has 0 spiro atoms. The SMILES string of the molecule is CC(N)CCC(=O)OCc1ccccc1. The molecule has 0 aliphatic carbocycles. The smallest absolute Gasteiger partial charge is 0.306 e. The molecule has 3 heteroatoms. The molecule has 0 heterocycles. The van der Waals surface area contributed by atoms with Gasteiger partial charge < -0.3 is 10.5 Å². The number of ether oxygens (including phenoxy) is 1. The Morgan fingerprint density at radius 2 is 2.07 bits per heavy atom. The summed E-state index contributed by atoms with van der Waals surface area (Å²) in [6, 6.07) is 9.68. The van der Waals surface area contributed by atoms with E-state index < -0.39 is 0 Å². The van der Waals surface area contributed by atoms with E-state index in [9.17, 15) is 4.79 Å². The molecule has 82 valence electrons. The Morgan fingerprint density at radius 1 is 1.40 bits per heavy atom. The van der Waals surface area contributed by atoms with Crippen LogP contribution < -0.4 is 5.73 Å². The quantitative estimate of drug-likeness (QED) is 0.750. The summed E-state index contributed by atoms with van der Waals surface area (Å²) in [6.07, 6.45) is 1.07. The Kier molecular flexibility index (Phi) is 4.84. The van der Waals surface area contributed by atoms with E-state index in [2.05, 4.69) is 0 Å². The summed E-state index contributed by atoms with van der Waals surface area (Å²) in [4.78, 5) is 11.2. The normalized spacial score (nSPS) is 12.1. The largest absolute Gasteiger partial charge is 0.461 e. The molecule has 0 amide bonds. The molecular weight excluding hydrogens is 190 g/mol. The molecule has 0 aliphatic rings. The molecule has 15 heavy (non-hydrogen) atoms. The van der Waals surface area contributed by atoms with Crippen molar-refractivity contribution in [1.29, 1.82) is 0 Å². The van der Waals surface area contributed by atoms with Crippen molar-refractivity contribution in [3.8, 4) is 0 Å². The topological polar surface area (TPSA) is 52.3 Å². The van der Waals surface area contributed by atoms with Gasteiger partial charge in [-0.25, -0.2) is 0 Å². The fraction of sp³-hybridized carbons (Fsp3) is 0.417. The predicted molar refractivity (Wildman–Crippen MR) is 59.1 cm³/mol. The van der Waals surface area contributed by atoms with Crippen LogP contribution in [0, 0.1) is 0 Å². The second kappa shape index (κ2) is 6.19. The zero-order valence-electron chi connectivity index (χ0n) is 8.98. The number of nitrogens with two attached hydrogens (primary N) is 1. The highest BCUT2D eigenvalue weighted by molar-refractivity contribution is 5.69. The van der Waals surface area contributed by atoms with Crippen LogP contribution in [-0.4, -0.2) is 12.0 Å². The Hall–Kier alpha value is -1.35. The molecule has 1 aromatic rings. The molecule has 2 N–H and O–H groups in total. The molecule has 0 aromatic heterocycles. The monoisotopic (exact) mass is 207 g/mol. The molecular formula is C12H17NO2. The minimum Gasteiger partial charge on any atom is -0.461 e. The molecule has 0 aliphatic heterocycles. The van der Waals surface area contributed by atoms with Gasteiger partial charge in [0.05, 0.1) is 0 Å². The third-order valence-electron chi connectivity index (χ3n) is 2.05. The first-order valence-electron chi connectivity index (χ1n) is 5.13. The van der Waals surface area contributed by atoms with Crippen LogP contribution in [0.3, 0.4) is 0 Å². The fourth-order valence-corrected chi connectivity index (χ4v) is 1.16. The van der Waals surface area contributed by atoms with Crippen molar-refractivity contribution >= 4 is 5.97 Å². The van der Waals surface area contributed by atoms with Gasteiger partial charge in [-0.2, -0.15) is 0 Å². The van der Waals surface area contributed by atoms with Crippen LogP contribution in [0.15, 0.2) is 30.3 Å². The second-order valence-corrected chi connectivity index (χ2v) is 3.66. The van der Waals surface area contributed by atoms with E-state index in [1.165, 1.54) is 0 Å². The van der Waals surface area contributed by atoms with Gasteiger partial charge in [-0.05, 0) is 18.9 Å². The Balaban J connectivity index is 2.23. The van der Waals surface area contributed by atoms with E-state index in [-0.39, 0.29) is 12.0 Å². The van der Waals surface area contributed by atoms with Crippen LogP contribution in [0.1, 0.15) is 25.3 Å². The van der Waals surface area contributed by atoms with Gasteiger partial charge in [0.2, 0.25) is 0 Å². The summed E-state index contributed by atoms with van der Waals surface area (Å²) in [5, 5.41) is 0. The molecule has 0 saturated heterocycles. The zero-order chi connectivity index (χ0) is 11.1. The lowest BCUT2D eigenvalue weighted by Gasteiger charge is -2.06. The number of carbonyl (C=O) groups excluding carboxylic acids is 1. The van der Waals surface area contributed by atoms with Crippen LogP contribution >= 0.6 is 0 Å². The van der Waals surface area contributed by atoms with Gasteiger partial charge >= 0.3 is 5.97 Å². The lowest BCUT2D eigenvalue weighted by atomic mass is 10.2. The van der Waals surface area contributed by atoms with Crippen LogP contribution in [-0.2, 0) is 16.1 Å². The molecule has 1 aromatic carbocycles. The van der Waals surface area contributed by atoms with Crippen molar-refractivity contribution in [2.45, 2.75) is 32.4 Å². The number of rotatable bonds is 5. The summed E-state index contributed by atoms with van der Waals surface area (Å²) in [6.45, 7) is 2.23. The highest BCUT2D eigenvalue weighted by Crippen LogP contribution is 2.03. The maximum absolute atomic E-state index is 11.2.